The summed E-state index contributed by atoms with van der Waals surface area (Å²) in [5.74, 6) is 1.45. The van der Waals surface area contributed by atoms with Gasteiger partial charge in [-0.15, -0.1) is 10.2 Å². The summed E-state index contributed by atoms with van der Waals surface area (Å²) in [7, 11) is 1.98. The highest BCUT2D eigenvalue weighted by Gasteiger charge is 2.26. The molecule has 1 N–H and O–H groups in total. The topological polar surface area (TPSA) is 66.3 Å². The number of piperidine rings is 2. The molecule has 2 saturated heterocycles. The molecule has 2 fully saturated rings. The molecule has 0 aliphatic carbocycles. The number of carbonyl (C=O) groups excluding carboxylic acids is 1. The molecule has 0 aromatic carbocycles. The van der Waals surface area contributed by atoms with E-state index in [1.165, 1.54) is 32.4 Å². The van der Waals surface area contributed by atoms with Gasteiger partial charge in [-0.25, -0.2) is 4.79 Å². The Morgan fingerprint density at radius 3 is 2.60 bits per heavy atom. The maximum absolute atomic E-state index is 12.4. The van der Waals surface area contributed by atoms with Crippen molar-refractivity contribution in [2.75, 3.05) is 32.7 Å². The van der Waals surface area contributed by atoms with Crippen molar-refractivity contribution in [3.63, 3.8) is 0 Å². The summed E-state index contributed by atoms with van der Waals surface area (Å²) in [5, 5.41) is 11.3. The number of nitrogens with zero attached hydrogens (tertiary/aromatic N) is 5. The van der Waals surface area contributed by atoms with Gasteiger partial charge in [0, 0.05) is 38.6 Å². The van der Waals surface area contributed by atoms with Gasteiger partial charge in [-0.1, -0.05) is 6.42 Å². The van der Waals surface area contributed by atoms with Crippen LogP contribution in [0.4, 0.5) is 4.79 Å². The van der Waals surface area contributed by atoms with Gasteiger partial charge in [-0.3, -0.25) is 0 Å². The van der Waals surface area contributed by atoms with Crippen LogP contribution in [0.5, 0.6) is 0 Å². The zero-order chi connectivity index (χ0) is 17.6. The molecule has 1 atom stereocenters. The Hall–Kier alpha value is -1.63. The minimum atomic E-state index is 0.0854. The number of rotatable bonds is 5. The molecular weight excluding hydrogens is 316 g/mol. The summed E-state index contributed by atoms with van der Waals surface area (Å²) in [6.07, 6.45) is 8.70. The molecule has 0 unspecified atom stereocenters. The largest absolute Gasteiger partial charge is 0.338 e. The van der Waals surface area contributed by atoms with E-state index in [2.05, 4.69) is 27.3 Å². The van der Waals surface area contributed by atoms with Gasteiger partial charge >= 0.3 is 6.03 Å². The molecule has 3 rings (SSSR count). The molecule has 25 heavy (non-hydrogen) atoms. The number of hydrogen-bond donors (Lipinski definition) is 1. The lowest BCUT2D eigenvalue weighted by molar-refractivity contribution is 0.161. The van der Waals surface area contributed by atoms with E-state index in [9.17, 15) is 4.79 Å². The Balaban J connectivity index is 1.36. The summed E-state index contributed by atoms with van der Waals surface area (Å²) in [5.41, 5.74) is 0. The lowest BCUT2D eigenvalue weighted by Gasteiger charge is -2.33. The average molecular weight is 348 g/mol. The van der Waals surface area contributed by atoms with Crippen LogP contribution in [0.3, 0.4) is 0 Å². The molecular formula is C18H32N6O. The van der Waals surface area contributed by atoms with Gasteiger partial charge in [0.05, 0.1) is 0 Å². The minimum absolute atomic E-state index is 0.0854. The summed E-state index contributed by atoms with van der Waals surface area (Å²) < 4.78 is 1.99. The Kier molecular flexibility index (Phi) is 6.29. The highest BCUT2D eigenvalue weighted by molar-refractivity contribution is 5.74. The van der Waals surface area contributed by atoms with Crippen LogP contribution in [0.25, 0.3) is 0 Å². The van der Waals surface area contributed by atoms with Gasteiger partial charge in [0.2, 0.25) is 0 Å². The standard InChI is InChI=1S/C18H32N6O/c1-15(23-10-4-3-5-11-23)6-9-19-18(25)24-12-7-16(8-13-24)17-21-20-14-22(17)2/h14-16H,3-13H2,1-2H3,(H,19,25)/t15-/m1/s1. The number of aromatic nitrogens is 3. The quantitative estimate of drug-likeness (QED) is 0.883. The normalized spacial score (nSPS) is 21.3. The predicted molar refractivity (Wildman–Crippen MR) is 97.5 cm³/mol. The third-order valence-corrected chi connectivity index (χ3v) is 5.75. The van der Waals surface area contributed by atoms with Crippen LogP contribution in [-0.4, -0.2) is 69.4 Å². The fourth-order valence-corrected chi connectivity index (χ4v) is 4.04. The second kappa shape index (κ2) is 8.65. The molecule has 2 aliphatic heterocycles. The predicted octanol–water partition coefficient (Wildman–Crippen LogP) is 1.97. The van der Waals surface area contributed by atoms with E-state index >= 15 is 0 Å². The van der Waals surface area contributed by atoms with E-state index < -0.39 is 0 Å². The minimum Gasteiger partial charge on any atom is -0.338 e. The fraction of sp³-hybridized carbons (Fsp3) is 0.833. The molecule has 140 valence electrons. The molecule has 2 aliphatic rings. The maximum atomic E-state index is 12.4. The Labute approximate surface area is 150 Å². The van der Waals surface area contributed by atoms with Crippen molar-refractivity contribution in [2.45, 2.75) is 57.4 Å². The molecule has 0 saturated carbocycles. The van der Waals surface area contributed by atoms with E-state index in [1.54, 1.807) is 6.33 Å². The monoisotopic (exact) mass is 348 g/mol. The zero-order valence-corrected chi connectivity index (χ0v) is 15.7. The van der Waals surface area contributed by atoms with Gasteiger partial charge in [-0.05, 0) is 52.1 Å². The summed E-state index contributed by atoms with van der Waals surface area (Å²) in [4.78, 5) is 16.9. The second-order valence-corrected chi connectivity index (χ2v) is 7.53. The third-order valence-electron chi connectivity index (χ3n) is 5.75. The van der Waals surface area contributed by atoms with Gasteiger partial charge in [0.1, 0.15) is 12.2 Å². The number of hydrogen-bond acceptors (Lipinski definition) is 4. The first-order chi connectivity index (χ1) is 12.1. The number of carbonyl (C=O) groups is 1. The van der Waals surface area contributed by atoms with Gasteiger partial charge in [0.15, 0.2) is 0 Å². The molecule has 0 radical (unpaired) electrons. The first-order valence-corrected chi connectivity index (χ1v) is 9.76. The van der Waals surface area contributed by atoms with Crippen LogP contribution in [0.1, 0.15) is 57.2 Å². The van der Waals surface area contributed by atoms with Crippen LogP contribution in [0.15, 0.2) is 6.33 Å². The van der Waals surface area contributed by atoms with E-state index in [0.29, 0.717) is 12.0 Å². The third kappa shape index (κ3) is 4.71. The van der Waals surface area contributed by atoms with E-state index in [4.69, 9.17) is 0 Å². The lowest BCUT2D eigenvalue weighted by Crippen LogP contribution is -2.46. The van der Waals surface area contributed by atoms with E-state index in [-0.39, 0.29) is 6.03 Å². The fourth-order valence-electron chi connectivity index (χ4n) is 4.04. The van der Waals surface area contributed by atoms with E-state index in [0.717, 1.165) is 44.7 Å². The highest BCUT2D eigenvalue weighted by atomic mass is 16.2. The molecule has 7 nitrogen and oxygen atoms in total. The van der Waals surface area contributed by atoms with Crippen molar-refractivity contribution in [3.05, 3.63) is 12.2 Å². The highest BCUT2D eigenvalue weighted by Crippen LogP contribution is 2.26. The van der Waals surface area contributed by atoms with Crippen LogP contribution in [0, 0.1) is 0 Å². The van der Waals surface area contributed by atoms with Gasteiger partial charge in [-0.2, -0.15) is 0 Å². The Bertz CT molecular complexity index is 546. The van der Waals surface area contributed by atoms with Crippen LogP contribution in [-0.2, 0) is 7.05 Å². The van der Waals surface area contributed by atoms with Crippen molar-refractivity contribution < 1.29 is 4.79 Å². The van der Waals surface area contributed by atoms with Crippen molar-refractivity contribution in [2.24, 2.45) is 7.05 Å². The van der Waals surface area contributed by atoms with Crippen molar-refractivity contribution in [3.8, 4) is 0 Å². The smallest absolute Gasteiger partial charge is 0.317 e. The Morgan fingerprint density at radius 1 is 1.24 bits per heavy atom. The second-order valence-electron chi connectivity index (χ2n) is 7.53. The summed E-state index contributed by atoms with van der Waals surface area (Å²) in [6, 6.07) is 0.643. The van der Waals surface area contributed by atoms with Gasteiger partial charge < -0.3 is 19.7 Å². The molecule has 0 spiro atoms. The molecule has 2 amide bonds. The van der Waals surface area contributed by atoms with E-state index in [1.807, 2.05) is 16.5 Å². The van der Waals surface area contributed by atoms with Crippen molar-refractivity contribution in [1.29, 1.82) is 0 Å². The average Bonchev–Trinajstić information content (AvgIpc) is 3.08. The lowest BCUT2D eigenvalue weighted by atomic mass is 9.96. The Morgan fingerprint density at radius 2 is 1.96 bits per heavy atom. The first kappa shape index (κ1) is 18.2. The molecule has 0 bridgehead atoms. The SMILES string of the molecule is C[C@H](CCNC(=O)N1CCC(c2nncn2C)CC1)N1CCCCC1. The summed E-state index contributed by atoms with van der Waals surface area (Å²) in [6.45, 7) is 7.06. The number of nitrogens with one attached hydrogen (secondary N) is 1. The van der Waals surface area contributed by atoms with Crippen LogP contribution < -0.4 is 5.32 Å². The zero-order valence-electron chi connectivity index (χ0n) is 15.7. The molecule has 3 heterocycles. The van der Waals surface area contributed by atoms with Crippen LogP contribution in [0.2, 0.25) is 0 Å². The van der Waals surface area contributed by atoms with Crippen molar-refractivity contribution in [1.82, 2.24) is 29.9 Å². The molecule has 1 aromatic heterocycles. The molecule has 1 aromatic rings. The molecule has 7 heteroatoms. The van der Waals surface area contributed by atoms with Crippen LogP contribution >= 0.6 is 0 Å². The number of urea groups is 1. The summed E-state index contributed by atoms with van der Waals surface area (Å²) >= 11 is 0. The number of likely N-dealkylation sites (tertiary alicyclic amines) is 2. The van der Waals surface area contributed by atoms with Crippen molar-refractivity contribution >= 4 is 6.03 Å². The number of aryl methyl sites for hydroxylation is 1. The number of amides is 2. The maximum Gasteiger partial charge on any atom is 0.317 e. The first-order valence-electron chi connectivity index (χ1n) is 9.76. The van der Waals surface area contributed by atoms with Gasteiger partial charge in [0.25, 0.3) is 0 Å².